The molecule has 0 aromatic rings. The lowest BCUT2D eigenvalue weighted by molar-refractivity contribution is -0.147. The largest absolute Gasteiger partial charge is 0.388 e. The molecule has 4 atom stereocenters. The Labute approximate surface area is 91.3 Å². The van der Waals surface area contributed by atoms with Crippen LogP contribution in [-0.2, 0) is 18.9 Å². The summed E-state index contributed by atoms with van der Waals surface area (Å²) < 4.78 is 20.5. The summed E-state index contributed by atoms with van der Waals surface area (Å²) >= 11 is 0. The summed E-state index contributed by atoms with van der Waals surface area (Å²) in [5, 5.41) is 9.77. The molecule has 0 heterocycles. The number of aliphatic hydroxyl groups excluding tert-OH is 1. The fraction of sp³-hybridized carbons (Fsp3) is 1.00. The van der Waals surface area contributed by atoms with Crippen molar-refractivity contribution in [2.45, 2.75) is 31.3 Å². The first-order valence-corrected chi connectivity index (χ1v) is 4.87. The van der Waals surface area contributed by atoms with Gasteiger partial charge in [0.25, 0.3) is 0 Å². The Bertz CT molecular complexity index is 153. The monoisotopic (exact) mass is 222 g/mol. The highest BCUT2D eigenvalue weighted by Crippen LogP contribution is 2.14. The minimum absolute atomic E-state index is 0.161. The van der Waals surface area contributed by atoms with Gasteiger partial charge in [0.1, 0.15) is 18.3 Å². The Balaban J connectivity index is 4.44. The maximum atomic E-state index is 9.77. The molecule has 1 N–H and O–H groups in total. The minimum Gasteiger partial charge on any atom is -0.388 e. The topological polar surface area (TPSA) is 57.2 Å². The summed E-state index contributed by atoms with van der Waals surface area (Å²) in [5.74, 6) is 0. The molecule has 0 spiro atoms. The fourth-order valence-electron chi connectivity index (χ4n) is 1.50. The van der Waals surface area contributed by atoms with Gasteiger partial charge >= 0.3 is 0 Å². The third-order valence-electron chi connectivity index (χ3n) is 2.42. The van der Waals surface area contributed by atoms with Gasteiger partial charge < -0.3 is 24.1 Å². The standard InChI is InChI=1S/C10H22O5/c1-7(13-3)9(14-4)10(15-5)8(11)6-12-2/h7-11H,6H2,1-5H3/t7-,8+,9-,10+/m0/s1. The van der Waals surface area contributed by atoms with E-state index < -0.39 is 12.2 Å². The summed E-state index contributed by atoms with van der Waals surface area (Å²) in [6.07, 6.45) is -1.69. The first-order chi connectivity index (χ1) is 7.12. The highest BCUT2D eigenvalue weighted by molar-refractivity contribution is 4.82. The highest BCUT2D eigenvalue weighted by Gasteiger charge is 2.32. The molecule has 0 fully saturated rings. The molecule has 0 rings (SSSR count). The molecule has 0 bridgehead atoms. The number of aliphatic hydroxyl groups is 1. The Morgan fingerprint density at radius 1 is 0.933 bits per heavy atom. The van der Waals surface area contributed by atoms with Gasteiger partial charge in [-0.15, -0.1) is 0 Å². The maximum Gasteiger partial charge on any atom is 0.114 e. The highest BCUT2D eigenvalue weighted by atomic mass is 16.6. The lowest BCUT2D eigenvalue weighted by Crippen LogP contribution is -2.48. The van der Waals surface area contributed by atoms with Gasteiger partial charge in [0, 0.05) is 28.4 Å². The van der Waals surface area contributed by atoms with Crippen molar-refractivity contribution in [1.29, 1.82) is 0 Å². The van der Waals surface area contributed by atoms with E-state index in [2.05, 4.69) is 0 Å². The second-order valence-electron chi connectivity index (χ2n) is 3.36. The van der Waals surface area contributed by atoms with E-state index >= 15 is 0 Å². The van der Waals surface area contributed by atoms with Crippen LogP contribution in [0.2, 0.25) is 0 Å². The second kappa shape index (κ2) is 8.01. The van der Waals surface area contributed by atoms with Gasteiger partial charge in [-0.1, -0.05) is 0 Å². The van der Waals surface area contributed by atoms with E-state index in [0.29, 0.717) is 0 Å². The number of hydrogen-bond acceptors (Lipinski definition) is 5. The van der Waals surface area contributed by atoms with Crippen LogP contribution < -0.4 is 0 Å². The van der Waals surface area contributed by atoms with Crippen molar-refractivity contribution in [3.8, 4) is 0 Å². The molecular weight excluding hydrogens is 200 g/mol. The molecule has 0 amide bonds. The number of methoxy groups -OCH3 is 4. The Morgan fingerprint density at radius 2 is 1.47 bits per heavy atom. The van der Waals surface area contributed by atoms with Gasteiger partial charge in [-0.25, -0.2) is 0 Å². The fourth-order valence-corrected chi connectivity index (χ4v) is 1.50. The average molecular weight is 222 g/mol. The molecule has 15 heavy (non-hydrogen) atoms. The van der Waals surface area contributed by atoms with E-state index in [9.17, 15) is 5.11 Å². The Morgan fingerprint density at radius 3 is 1.80 bits per heavy atom. The van der Waals surface area contributed by atoms with Crippen LogP contribution in [-0.4, -0.2) is 64.6 Å². The van der Waals surface area contributed by atoms with Crippen molar-refractivity contribution in [3.63, 3.8) is 0 Å². The lowest BCUT2D eigenvalue weighted by atomic mass is 10.0. The summed E-state index contributed by atoms with van der Waals surface area (Å²) in [5.41, 5.74) is 0. The molecule has 0 aliphatic heterocycles. The summed E-state index contributed by atoms with van der Waals surface area (Å²) in [4.78, 5) is 0. The van der Waals surface area contributed by atoms with Crippen molar-refractivity contribution >= 4 is 0 Å². The minimum atomic E-state index is -0.734. The van der Waals surface area contributed by atoms with Gasteiger partial charge in [0.2, 0.25) is 0 Å². The van der Waals surface area contributed by atoms with Gasteiger partial charge in [0.05, 0.1) is 12.7 Å². The molecule has 5 heteroatoms. The average Bonchev–Trinajstić information content (AvgIpc) is 2.24. The van der Waals surface area contributed by atoms with Crippen LogP contribution in [0.1, 0.15) is 6.92 Å². The number of rotatable bonds is 8. The van der Waals surface area contributed by atoms with Crippen LogP contribution in [0.15, 0.2) is 0 Å². The van der Waals surface area contributed by atoms with Crippen LogP contribution in [0.25, 0.3) is 0 Å². The third kappa shape index (κ3) is 4.44. The smallest absolute Gasteiger partial charge is 0.114 e. The quantitative estimate of drug-likeness (QED) is 0.629. The zero-order valence-corrected chi connectivity index (χ0v) is 10.1. The van der Waals surface area contributed by atoms with Gasteiger partial charge in [-0.3, -0.25) is 0 Å². The van der Waals surface area contributed by atoms with Crippen LogP contribution in [0.5, 0.6) is 0 Å². The maximum absolute atomic E-state index is 9.77. The predicted octanol–water partition coefficient (Wildman–Crippen LogP) is 0.0586. The number of ether oxygens (including phenoxy) is 4. The molecule has 0 saturated carbocycles. The normalized spacial score (nSPS) is 19.6. The van der Waals surface area contributed by atoms with Crippen molar-refractivity contribution in [2.75, 3.05) is 35.0 Å². The zero-order chi connectivity index (χ0) is 11.8. The van der Waals surface area contributed by atoms with E-state index in [1.165, 1.54) is 14.2 Å². The lowest BCUT2D eigenvalue weighted by Gasteiger charge is -2.31. The predicted molar refractivity (Wildman–Crippen MR) is 55.9 cm³/mol. The Hall–Kier alpha value is -0.200. The molecular formula is C10H22O5. The van der Waals surface area contributed by atoms with Crippen LogP contribution in [0.4, 0.5) is 0 Å². The van der Waals surface area contributed by atoms with Crippen LogP contribution >= 0.6 is 0 Å². The van der Waals surface area contributed by atoms with Gasteiger partial charge in [-0.2, -0.15) is 0 Å². The van der Waals surface area contributed by atoms with Crippen LogP contribution in [0, 0.1) is 0 Å². The SMILES string of the molecule is COC[C@@H](O)[C@@H](OC)[C@@H](OC)[C@H](C)OC. The van der Waals surface area contributed by atoms with Crippen LogP contribution in [0.3, 0.4) is 0 Å². The van der Waals surface area contributed by atoms with Crippen molar-refractivity contribution < 1.29 is 24.1 Å². The van der Waals surface area contributed by atoms with E-state index in [4.69, 9.17) is 18.9 Å². The van der Waals surface area contributed by atoms with E-state index in [-0.39, 0.29) is 18.8 Å². The first-order valence-electron chi connectivity index (χ1n) is 4.87. The Kier molecular flexibility index (Phi) is 7.90. The van der Waals surface area contributed by atoms with E-state index in [0.717, 1.165) is 0 Å². The summed E-state index contributed by atoms with van der Waals surface area (Å²) in [7, 11) is 6.20. The van der Waals surface area contributed by atoms with Gasteiger partial charge in [-0.05, 0) is 6.92 Å². The molecule has 0 unspecified atom stereocenters. The molecule has 0 radical (unpaired) electrons. The zero-order valence-electron chi connectivity index (χ0n) is 10.1. The number of hydrogen-bond donors (Lipinski definition) is 1. The summed E-state index contributed by atoms with van der Waals surface area (Å²) in [6.45, 7) is 2.06. The molecule has 0 saturated heterocycles. The third-order valence-corrected chi connectivity index (χ3v) is 2.42. The molecule has 0 aromatic carbocycles. The van der Waals surface area contributed by atoms with E-state index in [1.807, 2.05) is 6.92 Å². The van der Waals surface area contributed by atoms with Crippen molar-refractivity contribution in [2.24, 2.45) is 0 Å². The molecule has 0 aromatic heterocycles. The molecule has 92 valence electrons. The van der Waals surface area contributed by atoms with Gasteiger partial charge in [0.15, 0.2) is 0 Å². The molecule has 0 aliphatic carbocycles. The molecule has 5 nitrogen and oxygen atoms in total. The summed E-state index contributed by atoms with van der Waals surface area (Å²) in [6, 6.07) is 0. The second-order valence-corrected chi connectivity index (χ2v) is 3.36. The van der Waals surface area contributed by atoms with E-state index in [1.54, 1.807) is 14.2 Å². The first kappa shape index (κ1) is 14.8. The molecule has 0 aliphatic rings. The van der Waals surface area contributed by atoms with Crippen molar-refractivity contribution in [1.82, 2.24) is 0 Å². The van der Waals surface area contributed by atoms with Crippen molar-refractivity contribution in [3.05, 3.63) is 0 Å².